The number of benzene rings is 1. The fourth-order valence-corrected chi connectivity index (χ4v) is 9.15. The molecular weight excluding hydrogens is 400 g/mol. The van der Waals surface area contributed by atoms with Crippen LogP contribution in [0.3, 0.4) is 0 Å². The van der Waals surface area contributed by atoms with E-state index in [4.69, 9.17) is 4.74 Å². The molecular formula is C28H30O4. The quantitative estimate of drug-likeness (QED) is 0.389. The number of methoxy groups -OCH3 is 1. The monoisotopic (exact) mass is 430 g/mol. The van der Waals surface area contributed by atoms with Gasteiger partial charge in [0.25, 0.3) is 0 Å². The van der Waals surface area contributed by atoms with Gasteiger partial charge in [0.05, 0.1) is 16.4 Å². The summed E-state index contributed by atoms with van der Waals surface area (Å²) >= 11 is 0. The fraction of sp³-hybridized carbons (Fsp3) is 0.536. The van der Waals surface area contributed by atoms with Gasteiger partial charge in [0.2, 0.25) is 0 Å². The summed E-state index contributed by atoms with van der Waals surface area (Å²) in [4.78, 5) is 43.3. The van der Waals surface area contributed by atoms with Crippen LogP contribution in [0.5, 0.6) is 0 Å². The molecule has 0 aliphatic heterocycles. The molecule has 0 radical (unpaired) electrons. The molecule has 5 bridgehead atoms. The number of rotatable bonds is 3. The van der Waals surface area contributed by atoms with Crippen molar-refractivity contribution in [3.8, 4) is 0 Å². The molecule has 6 aliphatic rings. The zero-order chi connectivity index (χ0) is 22.7. The molecule has 0 unspecified atom stereocenters. The van der Waals surface area contributed by atoms with Crippen molar-refractivity contribution in [3.63, 3.8) is 0 Å². The van der Waals surface area contributed by atoms with E-state index in [1.54, 1.807) is 31.4 Å². The smallest absolute Gasteiger partial charge is 0.183 e. The molecule has 6 aliphatic carbocycles. The lowest BCUT2D eigenvalue weighted by atomic mass is 9.34. The highest BCUT2D eigenvalue weighted by atomic mass is 16.5. The minimum absolute atomic E-state index is 0.0230. The Hall–Kier alpha value is -2.33. The van der Waals surface area contributed by atoms with E-state index in [1.807, 2.05) is 6.07 Å². The summed E-state index contributed by atoms with van der Waals surface area (Å²) in [6.45, 7) is 8.47. The molecule has 7 rings (SSSR count). The van der Waals surface area contributed by atoms with Crippen LogP contribution in [-0.4, -0.2) is 30.1 Å². The van der Waals surface area contributed by atoms with Crippen LogP contribution in [0.4, 0.5) is 0 Å². The van der Waals surface area contributed by atoms with Crippen LogP contribution in [0.2, 0.25) is 0 Å². The van der Waals surface area contributed by atoms with Gasteiger partial charge in [-0.05, 0) is 64.2 Å². The predicted octanol–water partition coefficient (Wildman–Crippen LogP) is 4.89. The maximum Gasteiger partial charge on any atom is 0.183 e. The second-order valence-electron chi connectivity index (χ2n) is 11.2. The Morgan fingerprint density at radius 3 is 2.38 bits per heavy atom. The molecule has 6 fully saturated rings. The average Bonchev–Trinajstić information content (AvgIpc) is 3.21. The first kappa shape index (κ1) is 20.3. The van der Waals surface area contributed by atoms with Crippen molar-refractivity contribution in [3.05, 3.63) is 59.2 Å². The molecule has 1 spiro atoms. The van der Waals surface area contributed by atoms with Crippen LogP contribution in [0.15, 0.2) is 53.6 Å². The molecule has 1 aromatic rings. The van der Waals surface area contributed by atoms with Crippen molar-refractivity contribution in [1.82, 2.24) is 0 Å². The lowest BCUT2D eigenvalue weighted by Gasteiger charge is -2.69. The van der Waals surface area contributed by atoms with E-state index < -0.39 is 21.8 Å². The van der Waals surface area contributed by atoms with Crippen molar-refractivity contribution in [2.75, 3.05) is 7.11 Å². The number of carbonyl (C=O) groups excluding carboxylic acids is 3. The van der Waals surface area contributed by atoms with Crippen LogP contribution in [0, 0.1) is 28.1 Å². The SMILES string of the molecule is C=C1C[C@@H]2C[C@@]34CC(=C(C)C)C[C@H]5C[C@@](C(=O)c6ccccc6)(C3=O)C(=O)[C@]2(C1)[C@]54OC. The first-order valence-electron chi connectivity index (χ1n) is 11.8. The van der Waals surface area contributed by atoms with Crippen LogP contribution in [0.25, 0.3) is 0 Å². The highest BCUT2D eigenvalue weighted by molar-refractivity contribution is 6.34. The lowest BCUT2D eigenvalue weighted by Crippen LogP contribution is -2.81. The molecule has 0 saturated heterocycles. The second kappa shape index (κ2) is 5.96. The Labute approximate surface area is 189 Å². The van der Waals surface area contributed by atoms with Gasteiger partial charge in [0.1, 0.15) is 0 Å². The first-order chi connectivity index (χ1) is 15.2. The number of ether oxygens (including phenoxy) is 1. The fourth-order valence-electron chi connectivity index (χ4n) is 9.15. The Morgan fingerprint density at radius 1 is 1.00 bits per heavy atom. The van der Waals surface area contributed by atoms with Gasteiger partial charge < -0.3 is 4.74 Å². The third-order valence-electron chi connectivity index (χ3n) is 9.93. The average molecular weight is 431 g/mol. The van der Waals surface area contributed by atoms with Crippen molar-refractivity contribution in [1.29, 1.82) is 0 Å². The van der Waals surface area contributed by atoms with Gasteiger partial charge in [0.15, 0.2) is 22.8 Å². The number of carbonyl (C=O) groups is 3. The van der Waals surface area contributed by atoms with E-state index in [0.29, 0.717) is 24.8 Å². The van der Waals surface area contributed by atoms with Gasteiger partial charge in [0, 0.05) is 12.7 Å². The van der Waals surface area contributed by atoms with Crippen molar-refractivity contribution >= 4 is 17.3 Å². The van der Waals surface area contributed by atoms with Crippen LogP contribution < -0.4 is 0 Å². The van der Waals surface area contributed by atoms with Gasteiger partial charge >= 0.3 is 0 Å². The van der Waals surface area contributed by atoms with Crippen molar-refractivity contribution in [2.24, 2.45) is 28.1 Å². The molecule has 6 atom stereocenters. The molecule has 4 nitrogen and oxygen atoms in total. The summed E-state index contributed by atoms with van der Waals surface area (Å²) < 4.78 is 6.45. The van der Waals surface area contributed by atoms with Crippen molar-refractivity contribution in [2.45, 2.75) is 58.0 Å². The van der Waals surface area contributed by atoms with E-state index >= 15 is 0 Å². The van der Waals surface area contributed by atoms with Crippen molar-refractivity contribution < 1.29 is 19.1 Å². The zero-order valence-corrected chi connectivity index (χ0v) is 19.1. The molecule has 0 amide bonds. The molecule has 166 valence electrons. The molecule has 1 aromatic carbocycles. The van der Waals surface area contributed by atoms with E-state index in [9.17, 15) is 14.4 Å². The van der Waals surface area contributed by atoms with Gasteiger partial charge in [-0.1, -0.05) is 53.6 Å². The van der Waals surface area contributed by atoms with Gasteiger partial charge in [-0.25, -0.2) is 0 Å². The Bertz CT molecular complexity index is 1140. The minimum Gasteiger partial charge on any atom is -0.376 e. The first-order valence-corrected chi connectivity index (χ1v) is 11.8. The summed E-state index contributed by atoms with van der Waals surface area (Å²) in [6.07, 6.45) is 3.60. The molecule has 0 N–H and O–H groups in total. The summed E-state index contributed by atoms with van der Waals surface area (Å²) in [5.41, 5.74) is 0.0391. The van der Waals surface area contributed by atoms with E-state index in [0.717, 1.165) is 18.4 Å². The Kier molecular flexibility index (Phi) is 3.78. The van der Waals surface area contributed by atoms with Gasteiger partial charge in [-0.2, -0.15) is 0 Å². The highest BCUT2D eigenvalue weighted by Gasteiger charge is 2.92. The summed E-state index contributed by atoms with van der Waals surface area (Å²) in [5, 5.41) is 0. The van der Waals surface area contributed by atoms with Crippen LogP contribution in [0.1, 0.15) is 62.7 Å². The zero-order valence-electron chi connectivity index (χ0n) is 19.1. The van der Waals surface area contributed by atoms with Gasteiger partial charge in [-0.15, -0.1) is 0 Å². The number of hydrogen-bond donors (Lipinski definition) is 0. The molecule has 0 aromatic heterocycles. The third-order valence-corrected chi connectivity index (χ3v) is 9.93. The maximum atomic E-state index is 14.6. The number of allylic oxidation sites excluding steroid dienone is 3. The molecule has 4 heteroatoms. The maximum absolute atomic E-state index is 14.6. The number of ketones is 3. The Morgan fingerprint density at radius 2 is 1.72 bits per heavy atom. The van der Waals surface area contributed by atoms with E-state index in [-0.39, 0.29) is 35.6 Å². The van der Waals surface area contributed by atoms with E-state index in [1.165, 1.54) is 11.1 Å². The number of hydrogen-bond acceptors (Lipinski definition) is 4. The second-order valence-corrected chi connectivity index (χ2v) is 11.2. The highest BCUT2D eigenvalue weighted by Crippen LogP contribution is 2.83. The number of Topliss-reactive ketones (excluding diaryl/α,β-unsaturated/α-hetero) is 3. The third kappa shape index (κ3) is 1.80. The summed E-state index contributed by atoms with van der Waals surface area (Å²) in [7, 11) is 1.69. The lowest BCUT2D eigenvalue weighted by molar-refractivity contribution is -0.248. The predicted molar refractivity (Wildman–Crippen MR) is 120 cm³/mol. The minimum atomic E-state index is -1.58. The summed E-state index contributed by atoms with van der Waals surface area (Å²) in [6, 6.07) is 8.94. The topological polar surface area (TPSA) is 60.4 Å². The van der Waals surface area contributed by atoms with Crippen LogP contribution >= 0.6 is 0 Å². The normalized spacial score (nSPS) is 43.6. The molecule has 32 heavy (non-hydrogen) atoms. The standard InChI is InChI=1S/C28H30O4/c1-16(2)19-11-21-15-26(22(29)18-8-6-5-7-9-18)23(30)25(13-19)14-20-10-17(3)12-27(20,24(26)31)28(21,25)32-4/h5-9,20-21H,3,10-15H2,1-2,4H3/t20-,21+,25+,26-,27-,28+/m1/s1. The molecule has 0 heterocycles. The summed E-state index contributed by atoms with van der Waals surface area (Å²) in [5.74, 6) is -0.628. The van der Waals surface area contributed by atoms with Crippen LogP contribution in [-0.2, 0) is 14.3 Å². The van der Waals surface area contributed by atoms with Gasteiger partial charge in [-0.3, -0.25) is 14.4 Å². The largest absolute Gasteiger partial charge is 0.376 e. The Balaban J connectivity index is 1.67. The molecule has 6 saturated carbocycles. The van der Waals surface area contributed by atoms with E-state index in [2.05, 4.69) is 20.4 Å².